The lowest BCUT2D eigenvalue weighted by atomic mass is 10.1. The molecule has 1 N–H and O–H groups in total. The van der Waals surface area contributed by atoms with Gasteiger partial charge in [-0.05, 0) is 25.8 Å². The Morgan fingerprint density at radius 1 is 1.30 bits per heavy atom. The van der Waals surface area contributed by atoms with Crippen LogP contribution < -0.4 is 10.1 Å². The van der Waals surface area contributed by atoms with E-state index in [1.54, 1.807) is 4.68 Å². The Morgan fingerprint density at radius 3 is 2.60 bits per heavy atom. The highest BCUT2D eigenvalue weighted by atomic mass is 16.6. The zero-order chi connectivity index (χ0) is 14.5. The lowest BCUT2D eigenvalue weighted by Crippen LogP contribution is -2.29. The number of rotatable bonds is 4. The summed E-state index contributed by atoms with van der Waals surface area (Å²) in [6, 6.07) is 10.00. The molecule has 1 aromatic heterocycles. The summed E-state index contributed by atoms with van der Waals surface area (Å²) in [6.45, 7) is 4.23. The first-order valence-corrected chi connectivity index (χ1v) is 6.57. The maximum absolute atomic E-state index is 11.7. The number of nitrogens with zero attached hydrogens (tertiary/aromatic N) is 2. The number of aromatic nitrogens is 2. The number of hydrogen-bond acceptors (Lipinski definition) is 3. The highest BCUT2D eigenvalue weighted by Gasteiger charge is 2.14. The summed E-state index contributed by atoms with van der Waals surface area (Å²) < 4.78 is 7.00. The summed E-state index contributed by atoms with van der Waals surface area (Å²) in [6.07, 6.45) is 0.334. The number of aryl methyl sites for hydroxylation is 2. The van der Waals surface area contributed by atoms with Crippen molar-refractivity contribution in [1.82, 2.24) is 15.1 Å². The minimum absolute atomic E-state index is 0.444. The summed E-state index contributed by atoms with van der Waals surface area (Å²) in [7, 11) is 1.82. The molecule has 1 amide bonds. The number of hydrogen-bond donors (Lipinski definition) is 1. The van der Waals surface area contributed by atoms with Crippen LogP contribution in [0.3, 0.4) is 0 Å². The van der Waals surface area contributed by atoms with E-state index in [9.17, 15) is 4.79 Å². The summed E-state index contributed by atoms with van der Waals surface area (Å²) in [5.74, 6) is 0.532. The monoisotopic (exact) mass is 273 g/mol. The third-order valence-corrected chi connectivity index (χ3v) is 3.16. The third-order valence-electron chi connectivity index (χ3n) is 3.16. The maximum Gasteiger partial charge on any atom is 0.412 e. The molecular weight excluding hydrogens is 254 g/mol. The van der Waals surface area contributed by atoms with Gasteiger partial charge in [-0.1, -0.05) is 30.3 Å². The molecule has 0 aliphatic rings. The van der Waals surface area contributed by atoms with Crippen molar-refractivity contribution in [3.8, 4) is 5.75 Å². The van der Waals surface area contributed by atoms with E-state index in [-0.39, 0.29) is 0 Å². The Hall–Kier alpha value is -2.30. The van der Waals surface area contributed by atoms with E-state index in [4.69, 9.17) is 4.74 Å². The molecule has 0 saturated heterocycles. The number of amides is 1. The number of benzene rings is 1. The van der Waals surface area contributed by atoms with Gasteiger partial charge in [0.2, 0.25) is 0 Å². The summed E-state index contributed by atoms with van der Waals surface area (Å²) in [5, 5.41) is 6.95. The van der Waals surface area contributed by atoms with Crippen molar-refractivity contribution in [2.75, 3.05) is 6.54 Å². The fraction of sp³-hybridized carbons (Fsp3) is 0.333. The number of carbonyl (C=O) groups excluding carboxylic acids is 1. The van der Waals surface area contributed by atoms with Crippen LogP contribution in [-0.2, 0) is 13.5 Å². The molecule has 0 unspecified atom stereocenters. The van der Waals surface area contributed by atoms with Crippen molar-refractivity contribution in [1.29, 1.82) is 0 Å². The Morgan fingerprint density at radius 2 is 2.00 bits per heavy atom. The predicted molar refractivity (Wildman–Crippen MR) is 76.9 cm³/mol. The van der Waals surface area contributed by atoms with Crippen molar-refractivity contribution in [3.05, 3.63) is 47.3 Å². The molecule has 0 aliphatic carbocycles. The lowest BCUT2D eigenvalue weighted by molar-refractivity contribution is 0.200. The Balaban J connectivity index is 1.84. The largest absolute Gasteiger partial charge is 0.412 e. The highest BCUT2D eigenvalue weighted by molar-refractivity contribution is 5.71. The second-order valence-electron chi connectivity index (χ2n) is 4.68. The predicted octanol–water partition coefficient (Wildman–Crippen LogP) is 2.37. The van der Waals surface area contributed by atoms with Gasteiger partial charge in [0.05, 0.1) is 5.69 Å². The molecule has 5 nitrogen and oxygen atoms in total. The molecule has 0 spiro atoms. The van der Waals surface area contributed by atoms with Crippen LogP contribution in [0.25, 0.3) is 0 Å². The van der Waals surface area contributed by atoms with Gasteiger partial charge in [-0.2, -0.15) is 5.10 Å². The molecule has 0 saturated carbocycles. The quantitative estimate of drug-likeness (QED) is 0.930. The van der Waals surface area contributed by atoms with E-state index in [2.05, 4.69) is 10.4 Å². The first-order chi connectivity index (χ1) is 9.58. The minimum Gasteiger partial charge on any atom is -0.406 e. The second kappa shape index (κ2) is 6.23. The van der Waals surface area contributed by atoms with E-state index in [0.29, 0.717) is 18.0 Å². The number of carbonyl (C=O) groups is 1. The Bertz CT molecular complexity index is 591. The van der Waals surface area contributed by atoms with Crippen molar-refractivity contribution in [3.63, 3.8) is 0 Å². The van der Waals surface area contributed by atoms with Gasteiger partial charge in [0.1, 0.15) is 5.69 Å². The van der Waals surface area contributed by atoms with E-state index in [0.717, 1.165) is 12.1 Å². The van der Waals surface area contributed by atoms with Crippen molar-refractivity contribution < 1.29 is 9.53 Å². The highest BCUT2D eigenvalue weighted by Crippen LogP contribution is 2.21. The standard InChI is InChI=1S/C15H19N3O2/c1-11-14(12(2)18(3)17-11)20-15(19)16-10-9-13-7-5-4-6-8-13/h4-8H,9-10H2,1-3H3,(H,16,19). The molecule has 5 heteroatoms. The van der Waals surface area contributed by atoms with Crippen LogP contribution in [0.2, 0.25) is 0 Å². The molecular formula is C15H19N3O2. The third kappa shape index (κ3) is 3.38. The topological polar surface area (TPSA) is 56.2 Å². The fourth-order valence-electron chi connectivity index (χ4n) is 1.98. The molecule has 0 bridgehead atoms. The van der Waals surface area contributed by atoms with Crippen molar-refractivity contribution in [2.24, 2.45) is 7.05 Å². The van der Waals surface area contributed by atoms with E-state index >= 15 is 0 Å². The van der Waals surface area contributed by atoms with Crippen LogP contribution in [-0.4, -0.2) is 22.4 Å². The average molecular weight is 273 g/mol. The summed E-state index contributed by atoms with van der Waals surface area (Å²) >= 11 is 0. The molecule has 2 aromatic rings. The van der Waals surface area contributed by atoms with Crippen LogP contribution in [0, 0.1) is 13.8 Å². The average Bonchev–Trinajstić information content (AvgIpc) is 2.67. The molecule has 106 valence electrons. The summed E-state index contributed by atoms with van der Waals surface area (Å²) in [5.41, 5.74) is 2.73. The smallest absolute Gasteiger partial charge is 0.406 e. The molecule has 0 fully saturated rings. The second-order valence-corrected chi connectivity index (χ2v) is 4.68. The first-order valence-electron chi connectivity index (χ1n) is 6.57. The SMILES string of the molecule is Cc1nn(C)c(C)c1OC(=O)NCCc1ccccc1. The number of ether oxygens (including phenoxy) is 1. The number of nitrogens with one attached hydrogen (secondary N) is 1. The minimum atomic E-state index is -0.444. The van der Waals surface area contributed by atoms with Gasteiger partial charge in [0.25, 0.3) is 0 Å². The normalized spacial score (nSPS) is 10.3. The van der Waals surface area contributed by atoms with Crippen LogP contribution in [0.1, 0.15) is 17.0 Å². The fourth-order valence-corrected chi connectivity index (χ4v) is 1.98. The first kappa shape index (κ1) is 14.1. The van der Waals surface area contributed by atoms with Gasteiger partial charge < -0.3 is 10.1 Å². The van der Waals surface area contributed by atoms with E-state index < -0.39 is 6.09 Å². The van der Waals surface area contributed by atoms with Gasteiger partial charge in [-0.3, -0.25) is 4.68 Å². The van der Waals surface area contributed by atoms with Crippen LogP contribution >= 0.6 is 0 Å². The summed E-state index contributed by atoms with van der Waals surface area (Å²) in [4.78, 5) is 11.7. The van der Waals surface area contributed by atoms with Crippen LogP contribution in [0.4, 0.5) is 4.79 Å². The molecule has 0 aliphatic heterocycles. The zero-order valence-electron chi connectivity index (χ0n) is 12.0. The molecule has 1 heterocycles. The zero-order valence-corrected chi connectivity index (χ0v) is 12.0. The Kier molecular flexibility index (Phi) is 4.40. The molecule has 2 rings (SSSR count). The molecule has 0 radical (unpaired) electrons. The van der Waals surface area contributed by atoms with Gasteiger partial charge in [0, 0.05) is 13.6 Å². The van der Waals surface area contributed by atoms with E-state index in [1.165, 1.54) is 5.56 Å². The van der Waals surface area contributed by atoms with Gasteiger partial charge >= 0.3 is 6.09 Å². The van der Waals surface area contributed by atoms with Crippen LogP contribution in [0.5, 0.6) is 5.75 Å². The molecule has 1 aromatic carbocycles. The molecule has 20 heavy (non-hydrogen) atoms. The Labute approximate surface area is 118 Å². The van der Waals surface area contributed by atoms with Crippen LogP contribution in [0.15, 0.2) is 30.3 Å². The van der Waals surface area contributed by atoms with Crippen molar-refractivity contribution >= 4 is 6.09 Å². The van der Waals surface area contributed by atoms with Crippen molar-refractivity contribution in [2.45, 2.75) is 20.3 Å². The van der Waals surface area contributed by atoms with Gasteiger partial charge in [-0.25, -0.2) is 4.79 Å². The van der Waals surface area contributed by atoms with E-state index in [1.807, 2.05) is 51.2 Å². The lowest BCUT2D eigenvalue weighted by Gasteiger charge is -2.07. The maximum atomic E-state index is 11.7. The van der Waals surface area contributed by atoms with Gasteiger partial charge in [-0.15, -0.1) is 0 Å². The van der Waals surface area contributed by atoms with Gasteiger partial charge in [0.15, 0.2) is 5.75 Å². The molecule has 0 atom stereocenters.